The first kappa shape index (κ1) is 20.2. The van der Waals surface area contributed by atoms with E-state index in [1.54, 1.807) is 37.3 Å². The number of anilines is 1. The average Bonchev–Trinajstić information content (AvgIpc) is 2.59. The number of amides is 1. The van der Waals surface area contributed by atoms with Gasteiger partial charge in [-0.15, -0.1) is 0 Å². The van der Waals surface area contributed by atoms with E-state index in [0.29, 0.717) is 22.9 Å². The molecule has 5 nitrogen and oxygen atoms in total. The summed E-state index contributed by atoms with van der Waals surface area (Å²) in [5, 5.41) is 6.25. The summed E-state index contributed by atoms with van der Waals surface area (Å²) in [6, 6.07) is 11.6. The molecular weight excluding hydrogens is 395 g/mol. The Kier molecular flexibility index (Phi) is 7.38. The second-order valence-corrected chi connectivity index (χ2v) is 6.44. The quantitative estimate of drug-likeness (QED) is 0.570. The number of halogens is 2. The largest absolute Gasteiger partial charge is 0.466 e. The number of thiocarbonyl (C=S) groups is 1. The van der Waals surface area contributed by atoms with Crippen LogP contribution in [0.2, 0.25) is 10.0 Å². The highest BCUT2D eigenvalue weighted by atomic mass is 35.5. The van der Waals surface area contributed by atoms with Gasteiger partial charge in [0.25, 0.3) is 5.91 Å². The lowest BCUT2D eigenvalue weighted by Crippen LogP contribution is -2.34. The van der Waals surface area contributed by atoms with Gasteiger partial charge in [0.15, 0.2) is 5.11 Å². The van der Waals surface area contributed by atoms with Crippen LogP contribution >= 0.6 is 35.4 Å². The molecule has 0 saturated heterocycles. The predicted octanol–water partition coefficient (Wildman–Crippen LogP) is 4.23. The Hall–Kier alpha value is -2.15. The summed E-state index contributed by atoms with van der Waals surface area (Å²) in [4.78, 5) is 23.6. The third-order valence-electron chi connectivity index (χ3n) is 3.27. The Morgan fingerprint density at radius 1 is 1.08 bits per heavy atom. The number of carbonyl (C=O) groups is 2. The molecule has 136 valence electrons. The van der Waals surface area contributed by atoms with Crippen LogP contribution in [0.3, 0.4) is 0 Å². The fourth-order valence-corrected chi connectivity index (χ4v) is 2.57. The van der Waals surface area contributed by atoms with Crippen LogP contribution < -0.4 is 10.6 Å². The van der Waals surface area contributed by atoms with Crippen molar-refractivity contribution in [2.45, 2.75) is 13.3 Å². The summed E-state index contributed by atoms with van der Waals surface area (Å²) in [7, 11) is 0. The van der Waals surface area contributed by atoms with Crippen LogP contribution in [0.5, 0.6) is 0 Å². The number of rotatable bonds is 5. The van der Waals surface area contributed by atoms with E-state index < -0.39 is 5.91 Å². The summed E-state index contributed by atoms with van der Waals surface area (Å²) in [5.74, 6) is -0.683. The summed E-state index contributed by atoms with van der Waals surface area (Å²) < 4.78 is 4.90. The van der Waals surface area contributed by atoms with E-state index in [2.05, 4.69) is 10.6 Å². The first-order valence-electron chi connectivity index (χ1n) is 7.71. The minimum Gasteiger partial charge on any atom is -0.466 e. The number of ether oxygens (including phenoxy) is 1. The van der Waals surface area contributed by atoms with Gasteiger partial charge in [-0.3, -0.25) is 14.9 Å². The summed E-state index contributed by atoms with van der Waals surface area (Å²) in [6.45, 7) is 2.11. The van der Waals surface area contributed by atoms with Gasteiger partial charge in [-0.25, -0.2) is 0 Å². The minimum atomic E-state index is -0.403. The standard InChI is InChI=1S/C18H16Cl2N2O3S/c1-2-25-16(23)9-11-3-6-13(7-4-11)21-18(26)22-17(24)12-5-8-14(19)15(20)10-12/h3-8,10H,2,9H2,1H3,(H2,21,22,24,26). The van der Waals surface area contributed by atoms with E-state index in [1.165, 1.54) is 12.1 Å². The van der Waals surface area contributed by atoms with Crippen LogP contribution in [-0.4, -0.2) is 23.6 Å². The lowest BCUT2D eigenvalue weighted by Gasteiger charge is -2.10. The maximum atomic E-state index is 12.2. The molecule has 0 aliphatic rings. The van der Waals surface area contributed by atoms with Crippen molar-refractivity contribution in [2.24, 2.45) is 0 Å². The molecule has 0 aliphatic carbocycles. The molecule has 0 bridgehead atoms. The number of carbonyl (C=O) groups excluding carboxylic acids is 2. The van der Waals surface area contributed by atoms with Crippen molar-refractivity contribution in [3.63, 3.8) is 0 Å². The first-order chi connectivity index (χ1) is 12.4. The maximum Gasteiger partial charge on any atom is 0.310 e. The Bertz CT molecular complexity index is 826. The number of benzene rings is 2. The van der Waals surface area contributed by atoms with Crippen molar-refractivity contribution in [3.8, 4) is 0 Å². The van der Waals surface area contributed by atoms with Gasteiger partial charge in [0, 0.05) is 11.3 Å². The van der Waals surface area contributed by atoms with Crippen LogP contribution in [-0.2, 0) is 16.0 Å². The third kappa shape index (κ3) is 5.98. The van der Waals surface area contributed by atoms with Gasteiger partial charge in [0.1, 0.15) is 0 Å². The normalized spacial score (nSPS) is 10.1. The Morgan fingerprint density at radius 2 is 1.77 bits per heavy atom. The van der Waals surface area contributed by atoms with Crippen molar-refractivity contribution >= 4 is 58.1 Å². The molecule has 2 rings (SSSR count). The van der Waals surface area contributed by atoms with Gasteiger partial charge < -0.3 is 10.1 Å². The molecule has 2 aromatic carbocycles. The molecule has 0 unspecified atom stereocenters. The Morgan fingerprint density at radius 3 is 2.38 bits per heavy atom. The van der Waals surface area contributed by atoms with E-state index in [-0.39, 0.29) is 22.5 Å². The highest BCUT2D eigenvalue weighted by Gasteiger charge is 2.10. The molecule has 0 radical (unpaired) electrons. The van der Waals surface area contributed by atoms with Crippen LogP contribution in [0, 0.1) is 0 Å². The first-order valence-corrected chi connectivity index (χ1v) is 8.87. The highest BCUT2D eigenvalue weighted by Crippen LogP contribution is 2.22. The number of hydrogen-bond donors (Lipinski definition) is 2. The van der Waals surface area contributed by atoms with E-state index in [0.717, 1.165) is 5.56 Å². The zero-order valence-electron chi connectivity index (χ0n) is 13.8. The SMILES string of the molecule is CCOC(=O)Cc1ccc(NC(=S)NC(=O)c2ccc(Cl)c(Cl)c2)cc1. The number of esters is 1. The molecule has 0 fully saturated rings. The van der Waals surface area contributed by atoms with E-state index in [1.807, 2.05) is 0 Å². The van der Waals surface area contributed by atoms with E-state index >= 15 is 0 Å². The fraction of sp³-hybridized carbons (Fsp3) is 0.167. The van der Waals surface area contributed by atoms with Gasteiger partial charge in [0.2, 0.25) is 0 Å². The Balaban J connectivity index is 1.91. The van der Waals surface area contributed by atoms with Gasteiger partial charge >= 0.3 is 5.97 Å². The lowest BCUT2D eigenvalue weighted by atomic mass is 10.1. The van der Waals surface area contributed by atoms with Crippen LogP contribution in [0.25, 0.3) is 0 Å². The number of nitrogens with one attached hydrogen (secondary N) is 2. The van der Waals surface area contributed by atoms with Gasteiger partial charge in [-0.2, -0.15) is 0 Å². The molecule has 1 amide bonds. The molecule has 0 heterocycles. The summed E-state index contributed by atoms with van der Waals surface area (Å²) >= 11 is 16.9. The molecule has 0 atom stereocenters. The van der Waals surface area contributed by atoms with E-state index in [4.69, 9.17) is 40.2 Å². The van der Waals surface area contributed by atoms with Gasteiger partial charge in [-0.1, -0.05) is 35.3 Å². The molecule has 2 N–H and O–H groups in total. The smallest absolute Gasteiger partial charge is 0.310 e. The van der Waals surface area contributed by atoms with Gasteiger partial charge in [-0.05, 0) is 55.0 Å². The molecule has 0 spiro atoms. The molecule has 2 aromatic rings. The van der Waals surface area contributed by atoms with Crippen molar-refractivity contribution in [1.29, 1.82) is 0 Å². The fourth-order valence-electron chi connectivity index (χ4n) is 2.06. The van der Waals surface area contributed by atoms with Crippen molar-refractivity contribution in [1.82, 2.24) is 5.32 Å². The highest BCUT2D eigenvalue weighted by molar-refractivity contribution is 7.80. The van der Waals surface area contributed by atoms with Crippen molar-refractivity contribution < 1.29 is 14.3 Å². The molecule has 8 heteroatoms. The zero-order chi connectivity index (χ0) is 19.1. The third-order valence-corrected chi connectivity index (χ3v) is 4.22. The minimum absolute atomic E-state index is 0.138. The lowest BCUT2D eigenvalue weighted by molar-refractivity contribution is -0.142. The summed E-state index contributed by atoms with van der Waals surface area (Å²) in [6.07, 6.45) is 0.201. The molecule has 26 heavy (non-hydrogen) atoms. The Labute approximate surface area is 166 Å². The monoisotopic (exact) mass is 410 g/mol. The topological polar surface area (TPSA) is 67.4 Å². The maximum absolute atomic E-state index is 12.2. The second-order valence-electron chi connectivity index (χ2n) is 5.22. The van der Waals surface area contributed by atoms with Gasteiger partial charge in [0.05, 0.1) is 23.1 Å². The molecule has 0 aliphatic heterocycles. The van der Waals surface area contributed by atoms with E-state index in [9.17, 15) is 9.59 Å². The predicted molar refractivity (Wildman–Crippen MR) is 107 cm³/mol. The molecule has 0 aromatic heterocycles. The molecule has 0 saturated carbocycles. The number of hydrogen-bond acceptors (Lipinski definition) is 4. The van der Waals surface area contributed by atoms with Crippen LogP contribution in [0.4, 0.5) is 5.69 Å². The van der Waals surface area contributed by atoms with Crippen LogP contribution in [0.15, 0.2) is 42.5 Å². The van der Waals surface area contributed by atoms with Crippen molar-refractivity contribution in [3.05, 3.63) is 63.6 Å². The summed E-state index contributed by atoms with van der Waals surface area (Å²) in [5.41, 5.74) is 1.84. The van der Waals surface area contributed by atoms with Crippen LogP contribution in [0.1, 0.15) is 22.8 Å². The second kappa shape index (κ2) is 9.52. The van der Waals surface area contributed by atoms with Crippen molar-refractivity contribution in [2.75, 3.05) is 11.9 Å². The zero-order valence-corrected chi connectivity index (χ0v) is 16.2. The molecular formula is C18H16Cl2N2O3S. The average molecular weight is 411 g/mol.